The largest absolute Gasteiger partial charge is 0.369 e. The summed E-state index contributed by atoms with van der Waals surface area (Å²) < 4.78 is 1.10. The molecular weight excluding hydrogens is 375 g/mol. The number of pyridine rings is 1. The van der Waals surface area contributed by atoms with E-state index in [1.807, 2.05) is 6.07 Å². The van der Waals surface area contributed by atoms with Crippen LogP contribution >= 0.6 is 22.6 Å². The summed E-state index contributed by atoms with van der Waals surface area (Å²) in [4.78, 5) is 14.0. The van der Waals surface area contributed by atoms with Crippen LogP contribution in [0.4, 0.5) is 5.82 Å². The predicted molar refractivity (Wildman–Crippen MR) is 95.6 cm³/mol. The maximum Gasteiger partial charge on any atom is 0.180 e. The van der Waals surface area contributed by atoms with Crippen LogP contribution < -0.4 is 5.32 Å². The average Bonchev–Trinajstić information content (AvgIpc) is 2.49. The average molecular weight is 396 g/mol. The minimum Gasteiger partial charge on any atom is -0.369 e. The van der Waals surface area contributed by atoms with Gasteiger partial charge in [-0.3, -0.25) is 4.98 Å². The second kappa shape index (κ2) is 7.15. The van der Waals surface area contributed by atoms with Crippen molar-refractivity contribution in [2.45, 2.75) is 40.0 Å². The van der Waals surface area contributed by atoms with Crippen molar-refractivity contribution in [1.29, 1.82) is 0 Å². The number of nitrogens with zero attached hydrogens (tertiary/aromatic N) is 3. The van der Waals surface area contributed by atoms with Crippen LogP contribution in [-0.2, 0) is 6.42 Å². The summed E-state index contributed by atoms with van der Waals surface area (Å²) in [6.07, 6.45) is 2.73. The van der Waals surface area contributed by atoms with Gasteiger partial charge in [0.25, 0.3) is 0 Å². The molecule has 5 heteroatoms. The Labute approximate surface area is 140 Å². The molecule has 0 saturated carbocycles. The molecule has 0 amide bonds. The van der Waals surface area contributed by atoms with E-state index in [1.54, 1.807) is 6.20 Å². The highest BCUT2D eigenvalue weighted by atomic mass is 127. The molecule has 2 aromatic heterocycles. The number of halogens is 1. The van der Waals surface area contributed by atoms with Gasteiger partial charge in [0, 0.05) is 12.7 Å². The van der Waals surface area contributed by atoms with Crippen molar-refractivity contribution in [1.82, 2.24) is 15.0 Å². The van der Waals surface area contributed by atoms with Gasteiger partial charge in [0.1, 0.15) is 11.5 Å². The standard InChI is InChI=1S/C16H21IN4/c1-5-11-8-7-9-19-14(11)16-20-13(10(3)4)12(17)15(21-16)18-6-2/h7-10H,5-6H2,1-4H3,(H,18,20,21). The molecular formula is C16H21IN4. The topological polar surface area (TPSA) is 50.7 Å². The van der Waals surface area contributed by atoms with Gasteiger partial charge in [0.15, 0.2) is 5.82 Å². The van der Waals surface area contributed by atoms with Crippen molar-refractivity contribution in [3.63, 3.8) is 0 Å². The number of anilines is 1. The van der Waals surface area contributed by atoms with Crippen molar-refractivity contribution >= 4 is 28.4 Å². The second-order valence-corrected chi connectivity index (χ2v) is 6.22. The van der Waals surface area contributed by atoms with E-state index < -0.39 is 0 Å². The van der Waals surface area contributed by atoms with E-state index in [9.17, 15) is 0 Å². The Hall–Kier alpha value is -1.24. The van der Waals surface area contributed by atoms with Gasteiger partial charge in [0.05, 0.1) is 9.26 Å². The van der Waals surface area contributed by atoms with Crippen molar-refractivity contribution in [3.8, 4) is 11.5 Å². The summed E-state index contributed by atoms with van der Waals surface area (Å²) in [5.74, 6) is 1.97. The van der Waals surface area contributed by atoms with Crippen molar-refractivity contribution in [2.75, 3.05) is 11.9 Å². The van der Waals surface area contributed by atoms with E-state index in [2.05, 4.69) is 66.7 Å². The van der Waals surface area contributed by atoms with Crippen LogP contribution in [0.2, 0.25) is 0 Å². The first kappa shape index (κ1) is 16.1. The van der Waals surface area contributed by atoms with Gasteiger partial charge < -0.3 is 5.32 Å². The summed E-state index contributed by atoms with van der Waals surface area (Å²) in [5, 5.41) is 3.33. The summed E-state index contributed by atoms with van der Waals surface area (Å²) in [6.45, 7) is 9.35. The normalized spacial score (nSPS) is 11.0. The second-order valence-electron chi connectivity index (χ2n) is 5.14. The molecule has 112 valence electrons. The molecule has 0 aliphatic heterocycles. The fraction of sp³-hybridized carbons (Fsp3) is 0.438. The van der Waals surface area contributed by atoms with Crippen molar-refractivity contribution < 1.29 is 0 Å². The van der Waals surface area contributed by atoms with Crippen LogP contribution in [0, 0.1) is 3.57 Å². The van der Waals surface area contributed by atoms with Crippen LogP contribution in [0.5, 0.6) is 0 Å². The molecule has 0 bridgehead atoms. The molecule has 0 aromatic carbocycles. The minimum atomic E-state index is 0.352. The van der Waals surface area contributed by atoms with Gasteiger partial charge in [-0.25, -0.2) is 9.97 Å². The van der Waals surface area contributed by atoms with Crippen molar-refractivity contribution in [3.05, 3.63) is 33.2 Å². The van der Waals surface area contributed by atoms with Crippen LogP contribution in [0.15, 0.2) is 18.3 Å². The third-order valence-electron chi connectivity index (χ3n) is 3.25. The first-order valence-corrected chi connectivity index (χ1v) is 8.41. The molecule has 2 aromatic rings. The van der Waals surface area contributed by atoms with E-state index in [0.717, 1.165) is 33.7 Å². The zero-order chi connectivity index (χ0) is 15.4. The third kappa shape index (κ3) is 3.51. The van der Waals surface area contributed by atoms with Crippen molar-refractivity contribution in [2.24, 2.45) is 0 Å². The molecule has 4 nitrogen and oxygen atoms in total. The highest BCUT2D eigenvalue weighted by molar-refractivity contribution is 14.1. The zero-order valence-corrected chi connectivity index (χ0v) is 15.1. The summed E-state index contributed by atoms with van der Waals surface area (Å²) >= 11 is 2.33. The molecule has 1 N–H and O–H groups in total. The first-order chi connectivity index (χ1) is 10.1. The van der Waals surface area contributed by atoms with Crippen LogP contribution in [0.25, 0.3) is 11.5 Å². The first-order valence-electron chi connectivity index (χ1n) is 7.34. The van der Waals surface area contributed by atoms with Gasteiger partial charge in [-0.05, 0) is 53.5 Å². The molecule has 0 aliphatic carbocycles. The minimum absolute atomic E-state index is 0.352. The molecule has 0 unspecified atom stereocenters. The smallest absolute Gasteiger partial charge is 0.180 e. The molecule has 21 heavy (non-hydrogen) atoms. The van der Waals surface area contributed by atoms with E-state index >= 15 is 0 Å². The fourth-order valence-corrected chi connectivity index (χ4v) is 3.22. The molecule has 2 rings (SSSR count). The third-order valence-corrected chi connectivity index (χ3v) is 4.32. The molecule has 0 fully saturated rings. The lowest BCUT2D eigenvalue weighted by Gasteiger charge is -2.15. The summed E-state index contributed by atoms with van der Waals surface area (Å²) in [6, 6.07) is 4.05. The van der Waals surface area contributed by atoms with Gasteiger partial charge in [-0.15, -0.1) is 0 Å². The van der Waals surface area contributed by atoms with Crippen LogP contribution in [0.1, 0.15) is 44.9 Å². The summed E-state index contributed by atoms with van der Waals surface area (Å²) in [7, 11) is 0. The Balaban J connectivity index is 2.63. The Bertz CT molecular complexity index is 626. The molecule has 0 aliphatic rings. The van der Waals surface area contributed by atoms with Crippen LogP contribution in [-0.4, -0.2) is 21.5 Å². The quantitative estimate of drug-likeness (QED) is 0.768. The van der Waals surface area contributed by atoms with Gasteiger partial charge >= 0.3 is 0 Å². The Morgan fingerprint density at radius 3 is 2.62 bits per heavy atom. The number of hydrogen-bond donors (Lipinski definition) is 1. The predicted octanol–water partition coefficient (Wildman–Crippen LogP) is 4.26. The van der Waals surface area contributed by atoms with Gasteiger partial charge in [0.2, 0.25) is 0 Å². The number of nitrogens with one attached hydrogen (secondary N) is 1. The highest BCUT2D eigenvalue weighted by Crippen LogP contribution is 2.28. The Morgan fingerprint density at radius 2 is 2.00 bits per heavy atom. The monoisotopic (exact) mass is 396 g/mol. The van der Waals surface area contributed by atoms with E-state index in [1.165, 1.54) is 5.56 Å². The SMILES string of the molecule is CCNc1nc(-c2ncccc2CC)nc(C(C)C)c1I. The Morgan fingerprint density at radius 1 is 1.24 bits per heavy atom. The Kier molecular flexibility index (Phi) is 5.50. The number of hydrogen-bond acceptors (Lipinski definition) is 4. The fourth-order valence-electron chi connectivity index (χ4n) is 2.16. The lowest BCUT2D eigenvalue weighted by atomic mass is 10.1. The molecule has 0 atom stereocenters. The highest BCUT2D eigenvalue weighted by Gasteiger charge is 2.17. The number of rotatable bonds is 5. The van der Waals surface area contributed by atoms with Crippen LogP contribution in [0.3, 0.4) is 0 Å². The molecule has 0 saturated heterocycles. The zero-order valence-electron chi connectivity index (χ0n) is 12.9. The number of aromatic nitrogens is 3. The van der Waals surface area contributed by atoms with E-state index in [4.69, 9.17) is 9.97 Å². The van der Waals surface area contributed by atoms with Gasteiger partial charge in [-0.2, -0.15) is 0 Å². The van der Waals surface area contributed by atoms with E-state index in [-0.39, 0.29) is 0 Å². The maximum absolute atomic E-state index is 4.77. The number of aryl methyl sites for hydroxylation is 1. The maximum atomic E-state index is 4.77. The lowest BCUT2D eigenvalue weighted by Crippen LogP contribution is -2.10. The lowest BCUT2D eigenvalue weighted by molar-refractivity contribution is 0.807. The molecule has 2 heterocycles. The van der Waals surface area contributed by atoms with E-state index in [0.29, 0.717) is 11.7 Å². The van der Waals surface area contributed by atoms with Gasteiger partial charge in [-0.1, -0.05) is 26.8 Å². The summed E-state index contributed by atoms with van der Waals surface area (Å²) in [5.41, 5.74) is 3.14. The molecule has 0 spiro atoms. The molecule has 0 radical (unpaired) electrons.